The van der Waals surface area contributed by atoms with Crippen LogP contribution in [0.1, 0.15) is 37.3 Å². The van der Waals surface area contributed by atoms with Crippen LogP contribution >= 0.6 is 0 Å². The molecule has 0 fully saturated rings. The molecule has 88 valence electrons. The standard InChI is InChI=1S/C14H21NO/c1-2-16-14(11-15)10-6-5-8-12-7-3-4-9-13(12)14/h3-4,7,9H,2,5-6,8,10-11,15H2,1H3. The highest BCUT2D eigenvalue weighted by Gasteiger charge is 2.34. The first-order valence-electron chi connectivity index (χ1n) is 6.25. The number of benzene rings is 1. The zero-order chi connectivity index (χ0) is 11.4. The third kappa shape index (κ3) is 2.00. The quantitative estimate of drug-likeness (QED) is 0.793. The highest BCUT2D eigenvalue weighted by atomic mass is 16.5. The fourth-order valence-electron chi connectivity index (χ4n) is 2.74. The number of nitrogens with two attached hydrogens (primary N) is 1. The lowest BCUT2D eigenvalue weighted by Gasteiger charge is -2.33. The molecule has 1 aromatic rings. The van der Waals surface area contributed by atoms with E-state index in [0.29, 0.717) is 6.54 Å². The second-order valence-electron chi connectivity index (χ2n) is 4.50. The minimum Gasteiger partial charge on any atom is -0.369 e. The Morgan fingerprint density at radius 2 is 2.12 bits per heavy atom. The summed E-state index contributed by atoms with van der Waals surface area (Å²) in [5, 5.41) is 0. The van der Waals surface area contributed by atoms with E-state index in [1.54, 1.807) is 0 Å². The molecule has 1 atom stereocenters. The Bertz CT molecular complexity index is 350. The van der Waals surface area contributed by atoms with Gasteiger partial charge in [-0.2, -0.15) is 0 Å². The number of hydrogen-bond acceptors (Lipinski definition) is 2. The van der Waals surface area contributed by atoms with Gasteiger partial charge in [0.25, 0.3) is 0 Å². The van der Waals surface area contributed by atoms with Crippen LogP contribution in [0.25, 0.3) is 0 Å². The molecule has 1 aliphatic carbocycles. The van der Waals surface area contributed by atoms with Gasteiger partial charge in [0.15, 0.2) is 0 Å². The van der Waals surface area contributed by atoms with Gasteiger partial charge in [0.05, 0.1) is 0 Å². The molecule has 0 radical (unpaired) electrons. The Morgan fingerprint density at radius 1 is 1.31 bits per heavy atom. The number of ether oxygens (including phenoxy) is 1. The molecule has 2 nitrogen and oxygen atoms in total. The number of hydrogen-bond donors (Lipinski definition) is 1. The molecule has 2 rings (SSSR count). The van der Waals surface area contributed by atoms with E-state index in [4.69, 9.17) is 10.5 Å². The third-order valence-corrected chi connectivity index (χ3v) is 3.54. The van der Waals surface area contributed by atoms with Gasteiger partial charge in [-0.1, -0.05) is 24.3 Å². The van der Waals surface area contributed by atoms with Crippen molar-refractivity contribution < 1.29 is 4.74 Å². The van der Waals surface area contributed by atoms with Crippen molar-refractivity contribution in [3.05, 3.63) is 35.4 Å². The first-order valence-corrected chi connectivity index (χ1v) is 6.25. The minimum absolute atomic E-state index is 0.234. The van der Waals surface area contributed by atoms with Crippen molar-refractivity contribution in [2.24, 2.45) is 5.73 Å². The lowest BCUT2D eigenvalue weighted by molar-refractivity contribution is -0.0439. The van der Waals surface area contributed by atoms with Crippen molar-refractivity contribution in [1.82, 2.24) is 0 Å². The Balaban J connectivity index is 2.44. The van der Waals surface area contributed by atoms with Crippen LogP contribution in [0.3, 0.4) is 0 Å². The zero-order valence-electron chi connectivity index (χ0n) is 10.0. The average molecular weight is 219 g/mol. The Hall–Kier alpha value is -0.860. The van der Waals surface area contributed by atoms with Gasteiger partial charge in [-0.15, -0.1) is 0 Å². The van der Waals surface area contributed by atoms with Gasteiger partial charge in [-0.05, 0) is 43.7 Å². The summed E-state index contributed by atoms with van der Waals surface area (Å²) in [6.45, 7) is 3.36. The van der Waals surface area contributed by atoms with Crippen molar-refractivity contribution in [3.63, 3.8) is 0 Å². The predicted molar refractivity (Wildman–Crippen MR) is 66.4 cm³/mol. The minimum atomic E-state index is -0.234. The van der Waals surface area contributed by atoms with E-state index < -0.39 is 0 Å². The molecule has 16 heavy (non-hydrogen) atoms. The molecule has 0 saturated carbocycles. The maximum absolute atomic E-state index is 6.00. The summed E-state index contributed by atoms with van der Waals surface area (Å²) in [6.07, 6.45) is 4.65. The van der Waals surface area contributed by atoms with Crippen LogP contribution in [0.5, 0.6) is 0 Å². The lowest BCUT2D eigenvalue weighted by Crippen LogP contribution is -2.38. The predicted octanol–water partition coefficient (Wildman–Crippen LogP) is 2.60. The van der Waals surface area contributed by atoms with Crippen molar-refractivity contribution in [2.75, 3.05) is 13.2 Å². The molecule has 2 N–H and O–H groups in total. The second kappa shape index (κ2) is 4.98. The third-order valence-electron chi connectivity index (χ3n) is 3.54. The average Bonchev–Trinajstić information content (AvgIpc) is 2.51. The van der Waals surface area contributed by atoms with Crippen molar-refractivity contribution in [3.8, 4) is 0 Å². The Kier molecular flexibility index (Phi) is 3.62. The second-order valence-corrected chi connectivity index (χ2v) is 4.50. The summed E-state index contributed by atoms with van der Waals surface area (Å²) in [5.74, 6) is 0. The van der Waals surface area contributed by atoms with Crippen LogP contribution in [0, 0.1) is 0 Å². The fourth-order valence-corrected chi connectivity index (χ4v) is 2.74. The number of fused-ring (bicyclic) bond motifs is 1. The molecule has 0 saturated heterocycles. The van der Waals surface area contributed by atoms with Crippen LogP contribution in [-0.2, 0) is 16.8 Å². The summed E-state index contributed by atoms with van der Waals surface area (Å²) < 4.78 is 6.00. The largest absolute Gasteiger partial charge is 0.369 e. The van der Waals surface area contributed by atoms with E-state index in [2.05, 4.69) is 24.3 Å². The Labute approximate surface area is 97.8 Å². The van der Waals surface area contributed by atoms with Crippen molar-refractivity contribution >= 4 is 0 Å². The molecular weight excluding hydrogens is 198 g/mol. The first kappa shape index (κ1) is 11.6. The molecule has 0 spiro atoms. The van der Waals surface area contributed by atoms with E-state index in [0.717, 1.165) is 19.4 Å². The van der Waals surface area contributed by atoms with Crippen molar-refractivity contribution in [2.45, 2.75) is 38.2 Å². The zero-order valence-corrected chi connectivity index (χ0v) is 10.0. The molecule has 1 aromatic carbocycles. The summed E-state index contributed by atoms with van der Waals surface area (Å²) in [7, 11) is 0. The van der Waals surface area contributed by atoms with E-state index in [-0.39, 0.29) is 5.60 Å². The highest BCUT2D eigenvalue weighted by Crippen LogP contribution is 2.36. The maximum Gasteiger partial charge on any atom is 0.105 e. The summed E-state index contributed by atoms with van der Waals surface area (Å²) in [5.41, 5.74) is 8.48. The summed E-state index contributed by atoms with van der Waals surface area (Å²) >= 11 is 0. The van der Waals surface area contributed by atoms with Crippen LogP contribution in [-0.4, -0.2) is 13.2 Å². The van der Waals surface area contributed by atoms with E-state index in [9.17, 15) is 0 Å². The molecule has 2 heteroatoms. The van der Waals surface area contributed by atoms with E-state index >= 15 is 0 Å². The Morgan fingerprint density at radius 3 is 2.88 bits per heavy atom. The molecule has 0 heterocycles. The SMILES string of the molecule is CCOC1(CN)CCCCc2ccccc21. The number of rotatable bonds is 3. The number of aryl methyl sites for hydroxylation is 1. The van der Waals surface area contributed by atoms with Crippen LogP contribution in [0.2, 0.25) is 0 Å². The highest BCUT2D eigenvalue weighted by molar-refractivity contribution is 5.34. The van der Waals surface area contributed by atoms with Crippen LogP contribution < -0.4 is 5.73 Å². The fraction of sp³-hybridized carbons (Fsp3) is 0.571. The smallest absolute Gasteiger partial charge is 0.105 e. The van der Waals surface area contributed by atoms with Crippen LogP contribution in [0.15, 0.2) is 24.3 Å². The summed E-state index contributed by atoms with van der Waals surface area (Å²) in [4.78, 5) is 0. The molecule has 1 aliphatic rings. The topological polar surface area (TPSA) is 35.2 Å². The van der Waals surface area contributed by atoms with Gasteiger partial charge in [0, 0.05) is 13.2 Å². The van der Waals surface area contributed by atoms with E-state index in [1.165, 1.54) is 24.0 Å². The molecule has 0 amide bonds. The molecule has 1 unspecified atom stereocenters. The normalized spacial score (nSPS) is 24.9. The first-order chi connectivity index (χ1) is 7.82. The molecule has 0 bridgehead atoms. The molecular formula is C14H21NO. The van der Waals surface area contributed by atoms with Crippen LogP contribution in [0.4, 0.5) is 0 Å². The molecule has 0 aromatic heterocycles. The monoisotopic (exact) mass is 219 g/mol. The van der Waals surface area contributed by atoms with Gasteiger partial charge in [-0.3, -0.25) is 0 Å². The van der Waals surface area contributed by atoms with Gasteiger partial charge in [0.1, 0.15) is 5.60 Å². The van der Waals surface area contributed by atoms with Gasteiger partial charge in [0.2, 0.25) is 0 Å². The van der Waals surface area contributed by atoms with Crippen molar-refractivity contribution in [1.29, 1.82) is 0 Å². The maximum atomic E-state index is 6.00. The van der Waals surface area contributed by atoms with Gasteiger partial charge < -0.3 is 10.5 Å². The lowest BCUT2D eigenvalue weighted by atomic mass is 9.87. The summed E-state index contributed by atoms with van der Waals surface area (Å²) in [6, 6.07) is 8.60. The van der Waals surface area contributed by atoms with Gasteiger partial charge in [-0.25, -0.2) is 0 Å². The van der Waals surface area contributed by atoms with Gasteiger partial charge >= 0.3 is 0 Å². The van der Waals surface area contributed by atoms with E-state index in [1.807, 2.05) is 6.92 Å². The molecule has 0 aliphatic heterocycles.